The Bertz CT molecular complexity index is 528. The molecule has 0 atom stereocenters. The Kier molecular flexibility index (Phi) is 4.30. The summed E-state index contributed by atoms with van der Waals surface area (Å²) >= 11 is 1.61. The highest BCUT2D eigenvalue weighted by molar-refractivity contribution is 7.08. The molecule has 0 aromatic carbocycles. The summed E-state index contributed by atoms with van der Waals surface area (Å²) in [4.78, 5) is 15.7. The van der Waals surface area contributed by atoms with Gasteiger partial charge in [-0.05, 0) is 28.5 Å². The third kappa shape index (κ3) is 3.56. The molecule has 5 heteroatoms. The Morgan fingerprint density at radius 2 is 2.50 bits per heavy atom. The average molecular weight is 261 g/mol. The summed E-state index contributed by atoms with van der Waals surface area (Å²) in [5.74, 6) is 0.896. The zero-order valence-electron chi connectivity index (χ0n) is 10.2. The van der Waals surface area contributed by atoms with Crippen LogP contribution in [0.1, 0.15) is 11.4 Å². The van der Waals surface area contributed by atoms with Gasteiger partial charge in [0, 0.05) is 38.5 Å². The van der Waals surface area contributed by atoms with Crippen molar-refractivity contribution in [3.63, 3.8) is 0 Å². The molecule has 2 aromatic heterocycles. The standard InChI is InChI=1S/C13H15N3OS/c1-16-8-7-14-12(16)4-6-15-13(17)3-2-11-5-9-18-10-11/h2-3,5,7-10H,4,6H2,1H3,(H,15,17). The van der Waals surface area contributed by atoms with Crippen LogP contribution in [0.4, 0.5) is 0 Å². The van der Waals surface area contributed by atoms with Crippen molar-refractivity contribution in [3.05, 3.63) is 46.7 Å². The number of nitrogens with one attached hydrogen (secondary N) is 1. The van der Waals surface area contributed by atoms with Gasteiger partial charge in [0.15, 0.2) is 0 Å². The lowest BCUT2D eigenvalue weighted by Gasteiger charge is -2.02. The summed E-state index contributed by atoms with van der Waals surface area (Å²) in [6.07, 6.45) is 7.76. The summed E-state index contributed by atoms with van der Waals surface area (Å²) in [6, 6.07) is 1.97. The van der Waals surface area contributed by atoms with Gasteiger partial charge in [0.2, 0.25) is 5.91 Å². The molecule has 18 heavy (non-hydrogen) atoms. The zero-order chi connectivity index (χ0) is 12.8. The van der Waals surface area contributed by atoms with E-state index in [1.54, 1.807) is 23.6 Å². The summed E-state index contributed by atoms with van der Waals surface area (Å²) in [5.41, 5.74) is 1.05. The van der Waals surface area contributed by atoms with Crippen LogP contribution >= 0.6 is 11.3 Å². The average Bonchev–Trinajstić information content (AvgIpc) is 2.99. The lowest BCUT2D eigenvalue weighted by Crippen LogP contribution is -2.24. The number of imidazole rings is 1. The smallest absolute Gasteiger partial charge is 0.244 e. The predicted molar refractivity (Wildman–Crippen MR) is 73.3 cm³/mol. The molecule has 0 radical (unpaired) electrons. The van der Waals surface area contributed by atoms with Gasteiger partial charge in [0.25, 0.3) is 0 Å². The number of amides is 1. The lowest BCUT2D eigenvalue weighted by atomic mass is 10.3. The van der Waals surface area contributed by atoms with Gasteiger partial charge in [0.05, 0.1) is 0 Å². The maximum Gasteiger partial charge on any atom is 0.244 e. The van der Waals surface area contributed by atoms with E-state index in [-0.39, 0.29) is 5.91 Å². The first-order valence-electron chi connectivity index (χ1n) is 5.70. The third-order valence-electron chi connectivity index (χ3n) is 2.54. The van der Waals surface area contributed by atoms with Crippen LogP contribution in [0.25, 0.3) is 6.08 Å². The van der Waals surface area contributed by atoms with Crippen molar-refractivity contribution in [1.29, 1.82) is 0 Å². The fourth-order valence-electron chi connectivity index (χ4n) is 1.54. The van der Waals surface area contributed by atoms with Crippen molar-refractivity contribution >= 4 is 23.3 Å². The number of aromatic nitrogens is 2. The van der Waals surface area contributed by atoms with E-state index in [9.17, 15) is 4.79 Å². The van der Waals surface area contributed by atoms with Gasteiger partial charge in [-0.25, -0.2) is 4.98 Å². The monoisotopic (exact) mass is 261 g/mol. The van der Waals surface area contributed by atoms with Crippen LogP contribution < -0.4 is 5.32 Å². The van der Waals surface area contributed by atoms with E-state index < -0.39 is 0 Å². The van der Waals surface area contributed by atoms with Crippen LogP contribution in [-0.4, -0.2) is 22.0 Å². The van der Waals surface area contributed by atoms with Crippen LogP contribution in [0.2, 0.25) is 0 Å². The molecule has 94 valence electrons. The highest BCUT2D eigenvalue weighted by Gasteiger charge is 2.00. The zero-order valence-corrected chi connectivity index (χ0v) is 11.0. The molecular formula is C13H15N3OS. The van der Waals surface area contributed by atoms with E-state index in [0.29, 0.717) is 6.54 Å². The molecule has 0 bridgehead atoms. The van der Waals surface area contributed by atoms with Crippen LogP contribution in [0, 0.1) is 0 Å². The Hall–Kier alpha value is -1.88. The van der Waals surface area contributed by atoms with E-state index in [1.165, 1.54) is 0 Å². The molecule has 0 unspecified atom stereocenters. The number of nitrogens with zero attached hydrogens (tertiary/aromatic N) is 2. The van der Waals surface area contributed by atoms with Crippen LogP contribution in [-0.2, 0) is 18.3 Å². The number of thiophene rings is 1. The number of hydrogen-bond donors (Lipinski definition) is 1. The molecule has 0 saturated carbocycles. The topological polar surface area (TPSA) is 46.9 Å². The molecule has 0 aliphatic rings. The van der Waals surface area contributed by atoms with Crippen molar-refractivity contribution in [2.45, 2.75) is 6.42 Å². The molecule has 0 spiro atoms. The number of carbonyl (C=O) groups is 1. The second kappa shape index (κ2) is 6.16. The van der Waals surface area contributed by atoms with Crippen LogP contribution in [0.15, 0.2) is 35.3 Å². The molecular weight excluding hydrogens is 246 g/mol. The first-order valence-corrected chi connectivity index (χ1v) is 6.64. The first kappa shape index (κ1) is 12.6. The summed E-state index contributed by atoms with van der Waals surface area (Å²) in [6.45, 7) is 0.595. The maximum absolute atomic E-state index is 11.5. The Balaban J connectivity index is 1.74. The van der Waals surface area contributed by atoms with Gasteiger partial charge >= 0.3 is 0 Å². The van der Waals surface area contributed by atoms with Crippen molar-refractivity contribution < 1.29 is 4.79 Å². The van der Waals surface area contributed by atoms with E-state index in [2.05, 4.69) is 10.3 Å². The molecule has 0 aliphatic heterocycles. The minimum absolute atomic E-state index is 0.0737. The van der Waals surface area contributed by atoms with E-state index >= 15 is 0 Å². The Morgan fingerprint density at radius 1 is 1.61 bits per heavy atom. The number of aryl methyl sites for hydroxylation is 1. The van der Waals surface area contributed by atoms with E-state index in [4.69, 9.17) is 0 Å². The van der Waals surface area contributed by atoms with E-state index in [1.807, 2.05) is 40.7 Å². The van der Waals surface area contributed by atoms with Gasteiger partial charge < -0.3 is 9.88 Å². The molecule has 0 fully saturated rings. The minimum Gasteiger partial charge on any atom is -0.352 e. The van der Waals surface area contributed by atoms with Gasteiger partial charge in [-0.1, -0.05) is 0 Å². The molecule has 1 N–H and O–H groups in total. The molecule has 1 amide bonds. The molecule has 4 nitrogen and oxygen atoms in total. The molecule has 2 heterocycles. The van der Waals surface area contributed by atoms with Gasteiger partial charge in [-0.2, -0.15) is 11.3 Å². The number of hydrogen-bond acceptors (Lipinski definition) is 3. The lowest BCUT2D eigenvalue weighted by molar-refractivity contribution is -0.116. The first-order chi connectivity index (χ1) is 8.75. The second-order valence-electron chi connectivity index (χ2n) is 3.89. The molecule has 0 saturated heterocycles. The normalized spacial score (nSPS) is 10.9. The highest BCUT2D eigenvalue weighted by atomic mass is 32.1. The van der Waals surface area contributed by atoms with Crippen molar-refractivity contribution in [2.24, 2.45) is 7.05 Å². The summed E-state index contributed by atoms with van der Waals surface area (Å²) < 4.78 is 1.95. The van der Waals surface area contributed by atoms with Crippen molar-refractivity contribution in [2.75, 3.05) is 6.54 Å². The van der Waals surface area contributed by atoms with E-state index in [0.717, 1.165) is 17.8 Å². The SMILES string of the molecule is Cn1ccnc1CCNC(=O)C=Cc1ccsc1. The van der Waals surface area contributed by atoms with Crippen molar-refractivity contribution in [3.8, 4) is 0 Å². The number of rotatable bonds is 5. The molecule has 0 aliphatic carbocycles. The van der Waals surface area contributed by atoms with Gasteiger partial charge in [0.1, 0.15) is 5.82 Å². The third-order valence-corrected chi connectivity index (χ3v) is 3.24. The Labute approximate surface area is 110 Å². The van der Waals surface area contributed by atoms with Crippen LogP contribution in [0.5, 0.6) is 0 Å². The van der Waals surface area contributed by atoms with Crippen molar-refractivity contribution in [1.82, 2.24) is 14.9 Å². The van der Waals surface area contributed by atoms with Crippen LogP contribution in [0.3, 0.4) is 0 Å². The molecule has 2 rings (SSSR count). The quantitative estimate of drug-likeness (QED) is 0.835. The summed E-state index contributed by atoms with van der Waals surface area (Å²) in [7, 11) is 1.95. The van der Waals surface area contributed by atoms with Gasteiger partial charge in [-0.3, -0.25) is 4.79 Å². The fourth-order valence-corrected chi connectivity index (χ4v) is 2.16. The maximum atomic E-state index is 11.5. The second-order valence-corrected chi connectivity index (χ2v) is 4.67. The largest absolute Gasteiger partial charge is 0.352 e. The molecule has 2 aromatic rings. The minimum atomic E-state index is -0.0737. The highest BCUT2D eigenvalue weighted by Crippen LogP contribution is 2.07. The summed E-state index contributed by atoms with van der Waals surface area (Å²) in [5, 5.41) is 6.82. The number of carbonyl (C=O) groups excluding carboxylic acids is 1. The Morgan fingerprint density at radius 3 is 3.17 bits per heavy atom. The fraction of sp³-hybridized carbons (Fsp3) is 0.231. The van der Waals surface area contributed by atoms with Gasteiger partial charge in [-0.15, -0.1) is 0 Å². The predicted octanol–water partition coefficient (Wildman–Crippen LogP) is 1.85.